The van der Waals surface area contributed by atoms with Crippen LogP contribution in [0, 0.1) is 6.92 Å². The van der Waals surface area contributed by atoms with Gasteiger partial charge in [0.1, 0.15) is 0 Å². The molecule has 0 bridgehead atoms. The van der Waals surface area contributed by atoms with E-state index in [1.54, 1.807) is 6.07 Å². The van der Waals surface area contributed by atoms with Gasteiger partial charge in [0.15, 0.2) is 0 Å². The second-order valence-electron chi connectivity index (χ2n) is 3.78. The van der Waals surface area contributed by atoms with Crippen LogP contribution in [0.25, 0.3) is 0 Å². The molecule has 0 saturated carbocycles. The van der Waals surface area contributed by atoms with E-state index in [0.29, 0.717) is 12.0 Å². The van der Waals surface area contributed by atoms with Crippen LogP contribution in [0.2, 0.25) is 0 Å². The Kier molecular flexibility index (Phi) is 2.64. The summed E-state index contributed by atoms with van der Waals surface area (Å²) in [7, 11) is 1.28. The van der Waals surface area contributed by atoms with Crippen LogP contribution in [-0.2, 0) is 20.7 Å². The van der Waals surface area contributed by atoms with Crippen molar-refractivity contribution in [2.24, 2.45) is 0 Å². The molecule has 16 heavy (non-hydrogen) atoms. The number of aryl methyl sites for hydroxylation is 1. The van der Waals surface area contributed by atoms with Gasteiger partial charge in [0, 0.05) is 6.42 Å². The fraction of sp³-hybridized carbons (Fsp3) is 0.333. The molecule has 2 rings (SSSR count). The third kappa shape index (κ3) is 1.78. The van der Waals surface area contributed by atoms with E-state index in [1.807, 2.05) is 19.1 Å². The molecule has 4 nitrogen and oxygen atoms in total. The van der Waals surface area contributed by atoms with Crippen molar-refractivity contribution in [1.82, 2.24) is 0 Å². The first kappa shape index (κ1) is 10.7. The number of methoxy groups -OCH3 is 1. The smallest absolute Gasteiger partial charge is 0.347 e. The number of rotatable bonds is 1. The number of carbonyl (C=O) groups is 2. The van der Waals surface area contributed by atoms with Crippen molar-refractivity contribution in [3.63, 3.8) is 0 Å². The molecule has 0 saturated heterocycles. The first-order valence-corrected chi connectivity index (χ1v) is 5.00. The fourth-order valence-corrected chi connectivity index (χ4v) is 1.76. The van der Waals surface area contributed by atoms with Gasteiger partial charge in [-0.05, 0) is 18.6 Å². The SMILES string of the molecule is COC(=O)[C@@H]1Cc2ccc(C)cc2C(=O)O1. The molecule has 0 spiro atoms. The van der Waals surface area contributed by atoms with Crippen LogP contribution in [0.3, 0.4) is 0 Å². The largest absolute Gasteiger partial charge is 0.466 e. The van der Waals surface area contributed by atoms with E-state index in [-0.39, 0.29) is 0 Å². The van der Waals surface area contributed by atoms with Crippen LogP contribution in [0.15, 0.2) is 18.2 Å². The van der Waals surface area contributed by atoms with Crippen LogP contribution in [-0.4, -0.2) is 25.2 Å². The minimum Gasteiger partial charge on any atom is -0.466 e. The van der Waals surface area contributed by atoms with Crippen LogP contribution >= 0.6 is 0 Å². The average Bonchev–Trinajstić information content (AvgIpc) is 2.28. The van der Waals surface area contributed by atoms with Gasteiger partial charge in [0.2, 0.25) is 6.10 Å². The lowest BCUT2D eigenvalue weighted by Gasteiger charge is -2.22. The Hall–Kier alpha value is -1.84. The van der Waals surface area contributed by atoms with Gasteiger partial charge < -0.3 is 9.47 Å². The summed E-state index contributed by atoms with van der Waals surface area (Å²) in [4.78, 5) is 22.9. The number of fused-ring (bicyclic) bond motifs is 1. The quantitative estimate of drug-likeness (QED) is 0.668. The van der Waals surface area contributed by atoms with Crippen LogP contribution in [0.4, 0.5) is 0 Å². The van der Waals surface area contributed by atoms with Gasteiger partial charge in [0.05, 0.1) is 12.7 Å². The summed E-state index contributed by atoms with van der Waals surface area (Å²) in [6.45, 7) is 1.90. The lowest BCUT2D eigenvalue weighted by Crippen LogP contribution is -2.35. The molecule has 1 aliphatic rings. The third-order valence-electron chi connectivity index (χ3n) is 2.60. The second kappa shape index (κ2) is 3.96. The third-order valence-corrected chi connectivity index (χ3v) is 2.60. The highest BCUT2D eigenvalue weighted by Crippen LogP contribution is 2.22. The van der Waals surface area contributed by atoms with Gasteiger partial charge in [-0.15, -0.1) is 0 Å². The van der Waals surface area contributed by atoms with Crippen molar-refractivity contribution in [1.29, 1.82) is 0 Å². The van der Waals surface area contributed by atoms with Gasteiger partial charge in [-0.3, -0.25) is 0 Å². The first-order chi connectivity index (χ1) is 7.61. The van der Waals surface area contributed by atoms with E-state index in [2.05, 4.69) is 4.74 Å². The van der Waals surface area contributed by atoms with E-state index in [0.717, 1.165) is 11.1 Å². The standard InChI is InChI=1S/C12H12O4/c1-7-3-4-8-6-10(12(14)15-2)16-11(13)9(8)5-7/h3-5,10H,6H2,1-2H3/t10-/m0/s1. The normalized spacial score (nSPS) is 18.6. The molecule has 1 aromatic carbocycles. The highest BCUT2D eigenvalue weighted by Gasteiger charge is 2.31. The summed E-state index contributed by atoms with van der Waals surface area (Å²) in [6.07, 6.45) is -0.429. The van der Waals surface area contributed by atoms with Crippen LogP contribution in [0.1, 0.15) is 21.5 Å². The van der Waals surface area contributed by atoms with E-state index >= 15 is 0 Å². The van der Waals surface area contributed by atoms with Gasteiger partial charge in [-0.25, -0.2) is 9.59 Å². The molecule has 0 unspecified atom stereocenters. The Balaban J connectivity index is 2.33. The molecule has 1 atom stereocenters. The van der Waals surface area contributed by atoms with Crippen molar-refractivity contribution in [2.45, 2.75) is 19.4 Å². The molecule has 84 valence electrons. The topological polar surface area (TPSA) is 52.6 Å². The summed E-state index contributed by atoms with van der Waals surface area (Å²) in [5.41, 5.74) is 2.37. The maximum absolute atomic E-state index is 11.6. The number of hydrogen-bond acceptors (Lipinski definition) is 4. The van der Waals surface area contributed by atoms with Crippen LogP contribution in [0.5, 0.6) is 0 Å². The number of hydrogen-bond donors (Lipinski definition) is 0. The van der Waals surface area contributed by atoms with E-state index in [9.17, 15) is 9.59 Å². The minimum atomic E-state index is -0.812. The van der Waals surface area contributed by atoms with Gasteiger partial charge in [-0.1, -0.05) is 17.7 Å². The lowest BCUT2D eigenvalue weighted by molar-refractivity contribution is -0.151. The van der Waals surface area contributed by atoms with Crippen LogP contribution < -0.4 is 0 Å². The van der Waals surface area contributed by atoms with E-state index < -0.39 is 18.0 Å². The minimum absolute atomic E-state index is 0.383. The molecule has 4 heteroatoms. The monoisotopic (exact) mass is 220 g/mol. The average molecular weight is 220 g/mol. The Bertz CT molecular complexity index is 450. The van der Waals surface area contributed by atoms with E-state index in [1.165, 1.54) is 7.11 Å². The maximum atomic E-state index is 11.6. The number of carbonyl (C=O) groups excluding carboxylic acids is 2. The zero-order valence-corrected chi connectivity index (χ0v) is 9.15. The number of cyclic esters (lactones) is 1. The lowest BCUT2D eigenvalue weighted by atomic mass is 9.97. The summed E-state index contributed by atoms with van der Waals surface area (Å²) in [5.74, 6) is -0.972. The Morgan fingerprint density at radius 1 is 1.50 bits per heavy atom. The fourth-order valence-electron chi connectivity index (χ4n) is 1.76. The molecule has 0 amide bonds. The molecule has 1 aromatic rings. The highest BCUT2D eigenvalue weighted by molar-refractivity contribution is 5.95. The van der Waals surface area contributed by atoms with E-state index in [4.69, 9.17) is 4.74 Å². The number of ether oxygens (including phenoxy) is 2. The molecule has 1 heterocycles. The second-order valence-corrected chi connectivity index (χ2v) is 3.78. The molecule has 0 fully saturated rings. The van der Waals surface area contributed by atoms with Gasteiger partial charge in [-0.2, -0.15) is 0 Å². The molecular formula is C12H12O4. The van der Waals surface area contributed by atoms with Crippen molar-refractivity contribution in [3.05, 3.63) is 34.9 Å². The summed E-state index contributed by atoms with van der Waals surface area (Å²) < 4.78 is 9.57. The molecule has 0 N–H and O–H groups in total. The molecule has 0 radical (unpaired) electrons. The van der Waals surface area contributed by atoms with Crippen molar-refractivity contribution < 1.29 is 19.1 Å². The van der Waals surface area contributed by atoms with Crippen molar-refractivity contribution in [3.8, 4) is 0 Å². The zero-order valence-electron chi connectivity index (χ0n) is 9.15. The molecule has 0 aromatic heterocycles. The number of benzene rings is 1. The molecular weight excluding hydrogens is 208 g/mol. The zero-order chi connectivity index (χ0) is 11.7. The molecule has 1 aliphatic heterocycles. The van der Waals surface area contributed by atoms with Gasteiger partial charge >= 0.3 is 11.9 Å². The Morgan fingerprint density at radius 2 is 2.25 bits per heavy atom. The summed E-state index contributed by atoms with van der Waals surface area (Å²) in [6, 6.07) is 5.53. The summed E-state index contributed by atoms with van der Waals surface area (Å²) >= 11 is 0. The predicted molar refractivity (Wildman–Crippen MR) is 56.1 cm³/mol. The highest BCUT2D eigenvalue weighted by atomic mass is 16.6. The summed E-state index contributed by atoms with van der Waals surface area (Å²) in [5, 5.41) is 0. The predicted octanol–water partition coefficient (Wildman–Crippen LogP) is 1.25. The van der Waals surface area contributed by atoms with Crippen molar-refractivity contribution >= 4 is 11.9 Å². The first-order valence-electron chi connectivity index (χ1n) is 5.00. The Morgan fingerprint density at radius 3 is 2.94 bits per heavy atom. The Labute approximate surface area is 93.2 Å². The van der Waals surface area contributed by atoms with Crippen molar-refractivity contribution in [2.75, 3.05) is 7.11 Å². The van der Waals surface area contributed by atoms with Gasteiger partial charge in [0.25, 0.3) is 0 Å². The maximum Gasteiger partial charge on any atom is 0.347 e. The number of esters is 2. The molecule has 0 aliphatic carbocycles.